The minimum absolute atomic E-state index is 0.0276. The smallest absolute Gasteiger partial charge is 0.244 e. The summed E-state index contributed by atoms with van der Waals surface area (Å²) in [6.45, 7) is 4.80. The molecule has 0 bridgehead atoms. The molecule has 20 heavy (non-hydrogen) atoms. The van der Waals surface area contributed by atoms with Crippen LogP contribution >= 0.6 is 0 Å². The van der Waals surface area contributed by atoms with Crippen molar-refractivity contribution >= 4 is 17.3 Å². The lowest BCUT2D eigenvalue weighted by Gasteiger charge is -2.39. The van der Waals surface area contributed by atoms with Gasteiger partial charge in [-0.25, -0.2) is 0 Å². The van der Waals surface area contributed by atoms with Crippen LogP contribution in [0.4, 0.5) is 11.4 Å². The average Bonchev–Trinajstić information content (AvgIpc) is 2.48. The van der Waals surface area contributed by atoms with Crippen LogP contribution in [0.1, 0.15) is 19.8 Å². The Morgan fingerprint density at radius 2 is 2.00 bits per heavy atom. The highest BCUT2D eigenvalue weighted by Gasteiger charge is 2.34. The number of hydrogen-bond donors (Lipinski definition) is 1. The molecular weight excluding hydrogens is 250 g/mol. The fourth-order valence-corrected chi connectivity index (χ4v) is 3.28. The highest BCUT2D eigenvalue weighted by molar-refractivity contribution is 6.01. The van der Waals surface area contributed by atoms with Gasteiger partial charge < -0.3 is 15.1 Å². The first-order chi connectivity index (χ1) is 9.68. The molecule has 1 amide bonds. The standard InChI is InChI=1S/C16H23N3O/c1-12-6-5-9-17-15(12)16(20)19-11-10-18(2)13-7-3-4-8-14(13)19/h3-4,7-8,12,15,17H,5-6,9-11H2,1-2H3. The summed E-state index contributed by atoms with van der Waals surface area (Å²) in [6.07, 6.45) is 2.31. The predicted octanol–water partition coefficient (Wildman–Crippen LogP) is 1.86. The van der Waals surface area contributed by atoms with Crippen molar-refractivity contribution in [2.24, 2.45) is 5.92 Å². The number of nitrogens with zero attached hydrogens (tertiary/aromatic N) is 2. The van der Waals surface area contributed by atoms with Gasteiger partial charge in [0.15, 0.2) is 0 Å². The van der Waals surface area contributed by atoms with Crippen molar-refractivity contribution in [1.29, 1.82) is 0 Å². The lowest BCUT2D eigenvalue weighted by atomic mass is 9.91. The lowest BCUT2D eigenvalue weighted by molar-refractivity contribution is -0.122. The van der Waals surface area contributed by atoms with Crippen molar-refractivity contribution in [2.45, 2.75) is 25.8 Å². The highest BCUT2D eigenvalue weighted by Crippen LogP contribution is 2.33. The minimum atomic E-state index is -0.0276. The molecule has 1 aromatic carbocycles. The lowest BCUT2D eigenvalue weighted by Crippen LogP contribution is -2.55. The van der Waals surface area contributed by atoms with Gasteiger partial charge in [-0.3, -0.25) is 4.79 Å². The third-order valence-corrected chi connectivity index (χ3v) is 4.54. The van der Waals surface area contributed by atoms with Gasteiger partial charge in [-0.15, -0.1) is 0 Å². The van der Waals surface area contributed by atoms with Gasteiger partial charge in [-0.05, 0) is 37.4 Å². The van der Waals surface area contributed by atoms with Crippen LogP contribution in [-0.2, 0) is 4.79 Å². The topological polar surface area (TPSA) is 35.6 Å². The van der Waals surface area contributed by atoms with Crippen molar-refractivity contribution in [1.82, 2.24) is 5.32 Å². The Bertz CT molecular complexity index is 502. The number of hydrogen-bond acceptors (Lipinski definition) is 3. The van der Waals surface area contributed by atoms with E-state index >= 15 is 0 Å². The fourth-order valence-electron chi connectivity index (χ4n) is 3.28. The van der Waals surface area contributed by atoms with Crippen molar-refractivity contribution in [3.05, 3.63) is 24.3 Å². The second-order valence-electron chi connectivity index (χ2n) is 5.95. The van der Waals surface area contributed by atoms with E-state index in [1.807, 2.05) is 17.0 Å². The van der Waals surface area contributed by atoms with E-state index in [4.69, 9.17) is 0 Å². The minimum Gasteiger partial charge on any atom is -0.371 e. The number of benzene rings is 1. The molecule has 0 radical (unpaired) electrons. The molecule has 1 fully saturated rings. The van der Waals surface area contributed by atoms with E-state index in [9.17, 15) is 4.79 Å². The largest absolute Gasteiger partial charge is 0.371 e. The Morgan fingerprint density at radius 3 is 2.75 bits per heavy atom. The number of carbonyl (C=O) groups excluding carboxylic acids is 1. The van der Waals surface area contributed by atoms with E-state index < -0.39 is 0 Å². The molecule has 0 saturated carbocycles. The number of piperidine rings is 1. The molecule has 1 aromatic rings. The summed E-state index contributed by atoms with van der Waals surface area (Å²) >= 11 is 0. The van der Waals surface area contributed by atoms with Gasteiger partial charge in [0.05, 0.1) is 17.4 Å². The van der Waals surface area contributed by atoms with Gasteiger partial charge in [-0.1, -0.05) is 19.1 Å². The average molecular weight is 273 g/mol. The van der Waals surface area contributed by atoms with Gasteiger partial charge in [0, 0.05) is 20.1 Å². The van der Waals surface area contributed by atoms with Crippen LogP contribution < -0.4 is 15.1 Å². The van der Waals surface area contributed by atoms with Crippen LogP contribution in [0.5, 0.6) is 0 Å². The van der Waals surface area contributed by atoms with Gasteiger partial charge in [0.2, 0.25) is 5.91 Å². The van der Waals surface area contributed by atoms with E-state index in [1.165, 1.54) is 6.42 Å². The predicted molar refractivity (Wildman–Crippen MR) is 82.3 cm³/mol. The maximum absolute atomic E-state index is 12.9. The molecule has 0 aromatic heterocycles. The number of amides is 1. The number of fused-ring (bicyclic) bond motifs is 1. The molecule has 2 aliphatic heterocycles. The molecule has 3 rings (SSSR count). The first kappa shape index (κ1) is 13.4. The van der Waals surface area contributed by atoms with Gasteiger partial charge in [-0.2, -0.15) is 0 Å². The van der Waals surface area contributed by atoms with Gasteiger partial charge >= 0.3 is 0 Å². The number of anilines is 2. The number of rotatable bonds is 1. The van der Waals surface area contributed by atoms with E-state index in [2.05, 4.69) is 36.3 Å². The first-order valence-corrected chi connectivity index (χ1v) is 7.53. The van der Waals surface area contributed by atoms with Crippen LogP contribution in [0, 0.1) is 5.92 Å². The second-order valence-corrected chi connectivity index (χ2v) is 5.95. The van der Waals surface area contributed by atoms with Gasteiger partial charge in [0.1, 0.15) is 0 Å². The van der Waals surface area contributed by atoms with Crippen LogP contribution in [0.2, 0.25) is 0 Å². The van der Waals surface area contributed by atoms with Crippen molar-refractivity contribution in [3.63, 3.8) is 0 Å². The molecule has 0 spiro atoms. The summed E-state index contributed by atoms with van der Waals surface area (Å²) in [4.78, 5) is 17.1. The molecule has 2 unspecified atom stereocenters. The van der Waals surface area contributed by atoms with Crippen molar-refractivity contribution in [2.75, 3.05) is 36.5 Å². The second kappa shape index (κ2) is 5.44. The zero-order chi connectivity index (χ0) is 14.1. The Balaban J connectivity index is 1.87. The van der Waals surface area contributed by atoms with Crippen LogP contribution in [0.15, 0.2) is 24.3 Å². The Morgan fingerprint density at radius 1 is 1.25 bits per heavy atom. The maximum Gasteiger partial charge on any atom is 0.244 e. The molecule has 2 atom stereocenters. The summed E-state index contributed by atoms with van der Waals surface area (Å²) in [7, 11) is 2.09. The van der Waals surface area contributed by atoms with Crippen LogP contribution in [0.25, 0.3) is 0 Å². The van der Waals surface area contributed by atoms with E-state index in [-0.39, 0.29) is 11.9 Å². The summed E-state index contributed by atoms with van der Waals surface area (Å²) in [5.74, 6) is 0.654. The molecule has 0 aliphatic carbocycles. The summed E-state index contributed by atoms with van der Waals surface area (Å²) in [5.41, 5.74) is 2.20. The summed E-state index contributed by atoms with van der Waals surface area (Å²) in [5, 5.41) is 3.40. The Kier molecular flexibility index (Phi) is 3.66. The number of carbonyl (C=O) groups is 1. The third kappa shape index (κ3) is 2.29. The van der Waals surface area contributed by atoms with Crippen LogP contribution in [0.3, 0.4) is 0 Å². The van der Waals surface area contributed by atoms with Crippen molar-refractivity contribution in [3.8, 4) is 0 Å². The van der Waals surface area contributed by atoms with E-state index in [1.54, 1.807) is 0 Å². The summed E-state index contributed by atoms with van der Waals surface area (Å²) < 4.78 is 0. The normalized spacial score (nSPS) is 26.3. The van der Waals surface area contributed by atoms with Crippen molar-refractivity contribution < 1.29 is 4.79 Å². The first-order valence-electron chi connectivity index (χ1n) is 7.53. The molecular formula is C16H23N3O. The Labute approximate surface area is 120 Å². The maximum atomic E-state index is 12.9. The molecule has 4 nitrogen and oxygen atoms in total. The molecule has 4 heteroatoms. The fraction of sp³-hybridized carbons (Fsp3) is 0.562. The zero-order valence-electron chi connectivity index (χ0n) is 12.3. The Hall–Kier alpha value is -1.55. The SMILES string of the molecule is CC1CCCNC1C(=O)N1CCN(C)c2ccccc21. The monoisotopic (exact) mass is 273 g/mol. The zero-order valence-corrected chi connectivity index (χ0v) is 12.3. The van der Waals surface area contributed by atoms with Gasteiger partial charge in [0.25, 0.3) is 0 Å². The third-order valence-electron chi connectivity index (χ3n) is 4.54. The number of likely N-dealkylation sites (N-methyl/N-ethyl adjacent to an activating group) is 1. The number of nitrogens with one attached hydrogen (secondary N) is 1. The molecule has 1 N–H and O–H groups in total. The quantitative estimate of drug-likeness (QED) is 0.848. The number of para-hydroxylation sites is 2. The van der Waals surface area contributed by atoms with E-state index in [0.717, 1.165) is 37.4 Å². The molecule has 2 heterocycles. The highest BCUT2D eigenvalue weighted by atomic mass is 16.2. The summed E-state index contributed by atoms with van der Waals surface area (Å²) in [6, 6.07) is 8.16. The molecule has 108 valence electrons. The van der Waals surface area contributed by atoms with Crippen LogP contribution in [-0.4, -0.2) is 38.6 Å². The molecule has 1 saturated heterocycles. The molecule has 2 aliphatic rings. The van der Waals surface area contributed by atoms with E-state index in [0.29, 0.717) is 5.92 Å².